The molecule has 2 aliphatic rings. The van der Waals surface area contributed by atoms with Crippen LogP contribution in [-0.2, 0) is 20.8 Å². The number of nitrogens with one attached hydrogen (secondary N) is 1. The molecule has 1 aromatic rings. The third-order valence-electron chi connectivity index (χ3n) is 4.81. The lowest BCUT2D eigenvalue weighted by molar-refractivity contribution is -0.139. The molecular weight excluding hydrogens is 296 g/mol. The lowest BCUT2D eigenvalue weighted by atomic mass is 9.83. The van der Waals surface area contributed by atoms with Crippen molar-refractivity contribution in [3.05, 3.63) is 24.2 Å². The smallest absolute Gasteiger partial charge is 0.225 e. The van der Waals surface area contributed by atoms with Gasteiger partial charge < -0.3 is 19.2 Å². The van der Waals surface area contributed by atoms with E-state index in [0.29, 0.717) is 31.8 Å². The van der Waals surface area contributed by atoms with Crippen molar-refractivity contribution in [3.63, 3.8) is 0 Å². The molecule has 1 N–H and O–H groups in total. The molecule has 0 unspecified atom stereocenters. The number of furan rings is 1. The SMILES string of the molecule is COCCNC(=O)[C@@H]1CO[C@@H]2CCN(Cc3ccoc3)C[C@@H]2C1. The van der Waals surface area contributed by atoms with Crippen molar-refractivity contribution < 1.29 is 18.7 Å². The van der Waals surface area contributed by atoms with E-state index in [1.807, 2.05) is 6.07 Å². The number of methoxy groups -OCH3 is 1. The summed E-state index contributed by atoms with van der Waals surface area (Å²) in [6.45, 7) is 4.58. The molecule has 23 heavy (non-hydrogen) atoms. The van der Waals surface area contributed by atoms with Crippen LogP contribution in [0.4, 0.5) is 0 Å². The molecule has 3 atom stereocenters. The molecule has 1 amide bonds. The van der Waals surface area contributed by atoms with Gasteiger partial charge in [-0.2, -0.15) is 0 Å². The molecule has 128 valence electrons. The van der Waals surface area contributed by atoms with Gasteiger partial charge >= 0.3 is 0 Å². The summed E-state index contributed by atoms with van der Waals surface area (Å²) in [5, 5.41) is 2.93. The number of rotatable bonds is 6. The topological polar surface area (TPSA) is 63.9 Å². The average molecular weight is 322 g/mol. The minimum atomic E-state index is -0.0398. The molecule has 6 heteroatoms. The van der Waals surface area contributed by atoms with E-state index in [1.165, 1.54) is 5.56 Å². The molecule has 1 aromatic heterocycles. The van der Waals surface area contributed by atoms with Gasteiger partial charge in [0.05, 0.1) is 37.8 Å². The molecule has 0 spiro atoms. The fourth-order valence-electron chi connectivity index (χ4n) is 3.59. The Morgan fingerprint density at radius 2 is 2.43 bits per heavy atom. The van der Waals surface area contributed by atoms with Crippen molar-refractivity contribution in [2.24, 2.45) is 11.8 Å². The summed E-state index contributed by atoms with van der Waals surface area (Å²) in [7, 11) is 1.64. The number of amides is 1. The number of likely N-dealkylation sites (tertiary alicyclic amines) is 1. The van der Waals surface area contributed by atoms with Gasteiger partial charge in [0, 0.05) is 38.9 Å². The van der Waals surface area contributed by atoms with Gasteiger partial charge in [-0.05, 0) is 24.8 Å². The molecule has 6 nitrogen and oxygen atoms in total. The summed E-state index contributed by atoms with van der Waals surface area (Å²) >= 11 is 0. The second kappa shape index (κ2) is 7.95. The van der Waals surface area contributed by atoms with Gasteiger partial charge in [0.25, 0.3) is 0 Å². The summed E-state index contributed by atoms with van der Waals surface area (Å²) in [4.78, 5) is 14.6. The number of piperidine rings is 1. The Morgan fingerprint density at radius 1 is 1.52 bits per heavy atom. The zero-order valence-corrected chi connectivity index (χ0v) is 13.7. The quantitative estimate of drug-likeness (QED) is 0.799. The van der Waals surface area contributed by atoms with Gasteiger partial charge in [-0.1, -0.05) is 0 Å². The summed E-state index contributed by atoms with van der Waals surface area (Å²) in [5.41, 5.74) is 1.20. The largest absolute Gasteiger partial charge is 0.472 e. The maximum Gasteiger partial charge on any atom is 0.225 e. The second-order valence-electron chi connectivity index (χ2n) is 6.50. The second-order valence-corrected chi connectivity index (χ2v) is 6.50. The van der Waals surface area contributed by atoms with E-state index >= 15 is 0 Å². The number of fused-ring (bicyclic) bond motifs is 1. The van der Waals surface area contributed by atoms with Crippen molar-refractivity contribution >= 4 is 5.91 Å². The number of carbonyl (C=O) groups excluding carboxylic acids is 1. The molecule has 0 aromatic carbocycles. The number of hydrogen-bond acceptors (Lipinski definition) is 5. The van der Waals surface area contributed by atoms with Gasteiger partial charge in [0.1, 0.15) is 0 Å². The molecular formula is C17H26N2O4. The van der Waals surface area contributed by atoms with E-state index in [4.69, 9.17) is 13.9 Å². The highest BCUT2D eigenvalue weighted by Gasteiger charge is 2.38. The Balaban J connectivity index is 1.50. The fraction of sp³-hybridized carbons (Fsp3) is 0.706. The maximum absolute atomic E-state index is 12.2. The zero-order chi connectivity index (χ0) is 16.1. The zero-order valence-electron chi connectivity index (χ0n) is 13.7. The highest BCUT2D eigenvalue weighted by molar-refractivity contribution is 5.78. The fourth-order valence-corrected chi connectivity index (χ4v) is 3.59. The highest BCUT2D eigenvalue weighted by Crippen LogP contribution is 2.32. The summed E-state index contributed by atoms with van der Waals surface area (Å²) in [5.74, 6) is 0.483. The molecule has 2 saturated heterocycles. The van der Waals surface area contributed by atoms with Crippen LogP contribution in [0.2, 0.25) is 0 Å². The van der Waals surface area contributed by atoms with E-state index in [-0.39, 0.29) is 11.8 Å². The van der Waals surface area contributed by atoms with Crippen molar-refractivity contribution in [1.82, 2.24) is 10.2 Å². The first-order chi connectivity index (χ1) is 11.3. The van der Waals surface area contributed by atoms with E-state index in [1.54, 1.807) is 19.6 Å². The normalized spacial score (nSPS) is 28.3. The van der Waals surface area contributed by atoms with E-state index < -0.39 is 0 Å². The lowest BCUT2D eigenvalue weighted by Gasteiger charge is -2.43. The van der Waals surface area contributed by atoms with E-state index in [0.717, 1.165) is 32.5 Å². The third-order valence-corrected chi connectivity index (χ3v) is 4.81. The summed E-state index contributed by atoms with van der Waals surface area (Å²) < 4.78 is 16.1. The predicted octanol–water partition coefficient (Wildman–Crippen LogP) is 1.27. The molecule has 0 aliphatic carbocycles. The minimum Gasteiger partial charge on any atom is -0.472 e. The molecule has 0 saturated carbocycles. The van der Waals surface area contributed by atoms with Gasteiger partial charge in [0.2, 0.25) is 5.91 Å². The van der Waals surface area contributed by atoms with Crippen LogP contribution in [0, 0.1) is 11.8 Å². The molecule has 3 rings (SSSR count). The average Bonchev–Trinajstić information content (AvgIpc) is 3.07. The first-order valence-electron chi connectivity index (χ1n) is 8.38. The number of hydrogen-bond donors (Lipinski definition) is 1. The van der Waals surface area contributed by atoms with Crippen LogP contribution in [0.15, 0.2) is 23.0 Å². The van der Waals surface area contributed by atoms with Crippen molar-refractivity contribution in [2.75, 3.05) is 40.0 Å². The van der Waals surface area contributed by atoms with Crippen molar-refractivity contribution in [2.45, 2.75) is 25.5 Å². The van der Waals surface area contributed by atoms with Crippen LogP contribution in [0.1, 0.15) is 18.4 Å². The van der Waals surface area contributed by atoms with Crippen LogP contribution in [-0.4, -0.2) is 56.9 Å². The standard InChI is InChI=1S/C17H26N2O4/c1-21-7-4-18-17(20)15-8-14-10-19(5-2-16(14)23-12-15)9-13-3-6-22-11-13/h3,6,11,14-16H,2,4-5,7-10,12H2,1H3,(H,18,20)/t14-,15-,16+/m0/s1. The first kappa shape index (κ1) is 16.5. The highest BCUT2D eigenvalue weighted by atomic mass is 16.5. The molecule has 0 bridgehead atoms. The Hall–Kier alpha value is -1.37. The van der Waals surface area contributed by atoms with Crippen molar-refractivity contribution in [1.29, 1.82) is 0 Å². The van der Waals surface area contributed by atoms with Gasteiger partial charge in [-0.15, -0.1) is 0 Å². The first-order valence-corrected chi connectivity index (χ1v) is 8.38. The summed E-state index contributed by atoms with van der Waals surface area (Å²) in [6.07, 6.45) is 5.77. The predicted molar refractivity (Wildman–Crippen MR) is 84.8 cm³/mol. The van der Waals surface area contributed by atoms with Gasteiger partial charge in [0.15, 0.2) is 0 Å². The Labute approximate surface area is 137 Å². The Morgan fingerprint density at radius 3 is 3.22 bits per heavy atom. The number of carbonyl (C=O) groups is 1. The van der Waals surface area contributed by atoms with E-state index in [2.05, 4.69) is 10.2 Å². The van der Waals surface area contributed by atoms with Crippen LogP contribution in [0.3, 0.4) is 0 Å². The Bertz CT molecular complexity index is 491. The van der Waals surface area contributed by atoms with Crippen LogP contribution >= 0.6 is 0 Å². The number of ether oxygens (including phenoxy) is 2. The van der Waals surface area contributed by atoms with Gasteiger partial charge in [-0.25, -0.2) is 0 Å². The van der Waals surface area contributed by atoms with Gasteiger partial charge in [-0.3, -0.25) is 9.69 Å². The molecule has 2 fully saturated rings. The van der Waals surface area contributed by atoms with Crippen LogP contribution < -0.4 is 5.32 Å². The third kappa shape index (κ3) is 4.34. The van der Waals surface area contributed by atoms with Crippen molar-refractivity contribution in [3.8, 4) is 0 Å². The minimum absolute atomic E-state index is 0.0398. The molecule has 2 aliphatic heterocycles. The van der Waals surface area contributed by atoms with E-state index in [9.17, 15) is 4.79 Å². The monoisotopic (exact) mass is 322 g/mol. The molecule has 0 radical (unpaired) electrons. The van der Waals surface area contributed by atoms with Crippen LogP contribution in [0.25, 0.3) is 0 Å². The maximum atomic E-state index is 12.2. The number of nitrogens with zero attached hydrogens (tertiary/aromatic N) is 1. The lowest BCUT2D eigenvalue weighted by Crippen LogP contribution is -2.50. The van der Waals surface area contributed by atoms with Crippen LogP contribution in [0.5, 0.6) is 0 Å². The molecule has 3 heterocycles. The Kier molecular flexibility index (Phi) is 5.70. The summed E-state index contributed by atoms with van der Waals surface area (Å²) in [6, 6.07) is 2.01.